The van der Waals surface area contributed by atoms with Crippen molar-refractivity contribution < 1.29 is 23.7 Å². The Morgan fingerprint density at radius 2 is 1.19 bits per heavy atom. The van der Waals surface area contributed by atoms with Crippen LogP contribution in [0.2, 0.25) is 0 Å². The van der Waals surface area contributed by atoms with E-state index in [4.69, 9.17) is 18.9 Å². The number of hydrogen-bond donors (Lipinski definition) is 0. The van der Waals surface area contributed by atoms with Crippen molar-refractivity contribution in [1.82, 2.24) is 9.97 Å². The summed E-state index contributed by atoms with van der Waals surface area (Å²) in [5.41, 5.74) is 0. The van der Waals surface area contributed by atoms with Crippen molar-refractivity contribution in [1.29, 1.82) is 0 Å². The molecule has 2 aromatic heterocycles. The molecule has 0 amide bonds. The maximum atomic E-state index is 11.0. The van der Waals surface area contributed by atoms with Crippen molar-refractivity contribution in [3.05, 3.63) is 49.1 Å². The smallest absolute Gasteiger partial charge is 0.168 e. The number of hydrogen-bond acceptors (Lipinski definition) is 7. The number of pyridine rings is 2. The normalized spacial score (nSPS) is 21.4. The van der Waals surface area contributed by atoms with Crippen LogP contribution in [0.1, 0.15) is 51.4 Å². The highest BCUT2D eigenvalue weighted by molar-refractivity contribution is 5.79. The SMILES string of the molecule is O=C1CCC(Oc2ccncc2)CC1.c1cc(OC2CCC3(CC2)OCCO3)ccn1. The minimum atomic E-state index is -0.294. The molecule has 1 aliphatic heterocycles. The molecule has 2 aromatic rings. The van der Waals surface area contributed by atoms with Crippen LogP contribution in [0.25, 0.3) is 0 Å². The first-order chi connectivity index (χ1) is 15.2. The maximum absolute atomic E-state index is 11.0. The maximum Gasteiger partial charge on any atom is 0.168 e. The standard InChI is InChI=1S/C13H17NO3.C11H13NO2/c1-5-13(15-9-10-16-13)6-2-11(1)17-12-3-7-14-8-4-12;13-9-1-3-10(4-2-9)14-11-5-7-12-8-6-11/h3-4,7-8,11H,1-2,5-6,9-10H2;5-8,10H,1-4H2. The van der Waals surface area contributed by atoms with Crippen LogP contribution in [0.5, 0.6) is 11.5 Å². The summed E-state index contributed by atoms with van der Waals surface area (Å²) >= 11 is 0. The Kier molecular flexibility index (Phi) is 7.48. The van der Waals surface area contributed by atoms with Gasteiger partial charge in [-0.25, -0.2) is 0 Å². The molecule has 7 nitrogen and oxygen atoms in total. The van der Waals surface area contributed by atoms with E-state index in [1.807, 2.05) is 24.3 Å². The Morgan fingerprint density at radius 3 is 1.68 bits per heavy atom. The van der Waals surface area contributed by atoms with E-state index >= 15 is 0 Å². The second-order valence-electron chi connectivity index (χ2n) is 8.15. The van der Waals surface area contributed by atoms with Crippen LogP contribution in [0.15, 0.2) is 49.1 Å². The summed E-state index contributed by atoms with van der Waals surface area (Å²) in [5.74, 6) is 1.81. The molecule has 0 N–H and O–H groups in total. The van der Waals surface area contributed by atoms with Crippen molar-refractivity contribution in [2.24, 2.45) is 0 Å². The molecule has 31 heavy (non-hydrogen) atoms. The first-order valence-corrected chi connectivity index (χ1v) is 11.1. The lowest BCUT2D eigenvalue weighted by molar-refractivity contribution is -0.186. The third-order valence-corrected chi connectivity index (χ3v) is 5.90. The Morgan fingerprint density at radius 1 is 0.742 bits per heavy atom. The predicted molar refractivity (Wildman–Crippen MR) is 114 cm³/mol. The summed E-state index contributed by atoms with van der Waals surface area (Å²) in [6, 6.07) is 7.48. The average molecular weight is 427 g/mol. The van der Waals surface area contributed by atoms with E-state index in [1.165, 1.54) is 0 Å². The molecule has 2 aliphatic carbocycles. The van der Waals surface area contributed by atoms with Gasteiger partial charge in [0.15, 0.2) is 5.79 Å². The van der Waals surface area contributed by atoms with Gasteiger partial charge in [-0.2, -0.15) is 0 Å². The molecule has 0 unspecified atom stereocenters. The van der Waals surface area contributed by atoms with Gasteiger partial charge in [-0.3, -0.25) is 14.8 Å². The fourth-order valence-electron chi connectivity index (χ4n) is 4.18. The molecule has 166 valence electrons. The van der Waals surface area contributed by atoms with Crippen LogP contribution in [0.4, 0.5) is 0 Å². The molecule has 3 heterocycles. The van der Waals surface area contributed by atoms with Crippen LogP contribution in [-0.4, -0.2) is 47.0 Å². The number of ether oxygens (including phenoxy) is 4. The molecule has 1 saturated heterocycles. The fourth-order valence-corrected chi connectivity index (χ4v) is 4.18. The highest BCUT2D eigenvalue weighted by Gasteiger charge is 2.40. The Hall–Kier alpha value is -2.51. The van der Waals surface area contributed by atoms with Gasteiger partial charge in [0.1, 0.15) is 17.3 Å². The fraction of sp³-hybridized carbons (Fsp3) is 0.542. The average Bonchev–Trinajstić information content (AvgIpc) is 3.27. The second kappa shape index (κ2) is 10.7. The number of nitrogens with zero attached hydrogens (tertiary/aromatic N) is 2. The van der Waals surface area contributed by atoms with E-state index in [0.717, 1.165) is 63.2 Å². The molecule has 0 aromatic carbocycles. The van der Waals surface area contributed by atoms with Gasteiger partial charge in [-0.1, -0.05) is 0 Å². The van der Waals surface area contributed by atoms with Gasteiger partial charge in [-0.15, -0.1) is 0 Å². The number of carbonyl (C=O) groups is 1. The van der Waals surface area contributed by atoms with Crippen LogP contribution in [0, 0.1) is 0 Å². The number of aromatic nitrogens is 2. The van der Waals surface area contributed by atoms with Crippen molar-refractivity contribution in [2.45, 2.75) is 69.4 Å². The number of Topliss-reactive ketones (excluding diaryl/α,β-unsaturated/α-hetero) is 1. The van der Waals surface area contributed by atoms with Gasteiger partial charge in [0.25, 0.3) is 0 Å². The van der Waals surface area contributed by atoms with Gasteiger partial charge in [0, 0.05) is 50.5 Å². The zero-order valence-electron chi connectivity index (χ0n) is 17.8. The van der Waals surface area contributed by atoms with Gasteiger partial charge in [0.2, 0.25) is 0 Å². The van der Waals surface area contributed by atoms with E-state index in [2.05, 4.69) is 9.97 Å². The third kappa shape index (κ3) is 6.48. The molecule has 5 rings (SSSR count). The van der Waals surface area contributed by atoms with Crippen LogP contribution >= 0.6 is 0 Å². The van der Waals surface area contributed by atoms with E-state index in [-0.39, 0.29) is 18.0 Å². The lowest BCUT2D eigenvalue weighted by atomic mass is 9.92. The number of ketones is 1. The summed E-state index contributed by atoms with van der Waals surface area (Å²) in [7, 11) is 0. The van der Waals surface area contributed by atoms with E-state index < -0.39 is 0 Å². The third-order valence-electron chi connectivity index (χ3n) is 5.90. The van der Waals surface area contributed by atoms with Crippen LogP contribution < -0.4 is 9.47 Å². The predicted octanol–water partition coefficient (Wildman–Crippen LogP) is 4.12. The van der Waals surface area contributed by atoms with Gasteiger partial charge in [0.05, 0.1) is 25.4 Å². The first-order valence-electron chi connectivity index (χ1n) is 11.1. The van der Waals surface area contributed by atoms with Crippen molar-refractivity contribution in [3.8, 4) is 11.5 Å². The zero-order valence-corrected chi connectivity index (χ0v) is 17.8. The quantitative estimate of drug-likeness (QED) is 0.728. The van der Waals surface area contributed by atoms with Crippen molar-refractivity contribution in [2.75, 3.05) is 13.2 Å². The minimum Gasteiger partial charge on any atom is -0.490 e. The molecule has 3 fully saturated rings. The Bertz CT molecular complexity index is 791. The topological polar surface area (TPSA) is 79.8 Å². The van der Waals surface area contributed by atoms with Gasteiger partial charge >= 0.3 is 0 Å². The van der Waals surface area contributed by atoms with Gasteiger partial charge < -0.3 is 18.9 Å². The molecule has 0 atom stereocenters. The number of rotatable bonds is 4. The summed E-state index contributed by atoms with van der Waals surface area (Å²) < 4.78 is 23.0. The first kappa shape index (κ1) is 21.7. The summed E-state index contributed by atoms with van der Waals surface area (Å²) in [5, 5.41) is 0. The Balaban J connectivity index is 0.000000152. The summed E-state index contributed by atoms with van der Waals surface area (Å²) in [6.07, 6.45) is 14.3. The molecule has 2 saturated carbocycles. The van der Waals surface area contributed by atoms with Gasteiger partial charge in [-0.05, 0) is 49.9 Å². The molecule has 3 aliphatic rings. The molecule has 1 spiro atoms. The number of carbonyl (C=O) groups excluding carboxylic acids is 1. The molecule has 7 heteroatoms. The molecule has 0 radical (unpaired) electrons. The van der Waals surface area contributed by atoms with Crippen molar-refractivity contribution >= 4 is 5.78 Å². The van der Waals surface area contributed by atoms with E-state index in [0.29, 0.717) is 18.6 Å². The monoisotopic (exact) mass is 426 g/mol. The van der Waals surface area contributed by atoms with E-state index in [9.17, 15) is 4.79 Å². The molecule has 0 bridgehead atoms. The highest BCUT2D eigenvalue weighted by Crippen LogP contribution is 2.36. The zero-order chi connectivity index (χ0) is 21.4. The molecular formula is C24H30N2O5. The summed E-state index contributed by atoms with van der Waals surface area (Å²) in [4.78, 5) is 18.9. The minimum absolute atomic E-state index is 0.204. The van der Waals surface area contributed by atoms with E-state index in [1.54, 1.807) is 24.8 Å². The molecular weight excluding hydrogens is 396 g/mol. The lowest BCUT2D eigenvalue weighted by Crippen LogP contribution is -2.38. The lowest BCUT2D eigenvalue weighted by Gasteiger charge is -2.35. The highest BCUT2D eigenvalue weighted by atomic mass is 16.7. The Labute approximate surface area is 183 Å². The second-order valence-corrected chi connectivity index (χ2v) is 8.15. The van der Waals surface area contributed by atoms with Crippen molar-refractivity contribution in [3.63, 3.8) is 0 Å². The van der Waals surface area contributed by atoms with Crippen LogP contribution in [-0.2, 0) is 14.3 Å². The van der Waals surface area contributed by atoms with Crippen LogP contribution in [0.3, 0.4) is 0 Å². The summed E-state index contributed by atoms with van der Waals surface area (Å²) in [6.45, 7) is 1.46. The largest absolute Gasteiger partial charge is 0.490 e.